The Balaban J connectivity index is 2.02. The zero-order chi connectivity index (χ0) is 11.5. The largest absolute Gasteiger partial charge is 0.337 e. The van der Waals surface area contributed by atoms with Gasteiger partial charge < -0.3 is 10.6 Å². The molecule has 1 amide bonds. The summed E-state index contributed by atoms with van der Waals surface area (Å²) in [5.74, 6) is 0.392. The summed E-state index contributed by atoms with van der Waals surface area (Å²) in [5, 5.41) is 5.50. The van der Waals surface area contributed by atoms with E-state index in [-0.39, 0.29) is 11.9 Å². The van der Waals surface area contributed by atoms with E-state index in [1.165, 1.54) is 11.5 Å². The lowest BCUT2D eigenvalue weighted by Gasteiger charge is -2.34. The Morgan fingerprint density at radius 2 is 2.56 bits per heavy atom. The van der Waals surface area contributed by atoms with Crippen LogP contribution in [0.1, 0.15) is 30.3 Å². The Morgan fingerprint density at radius 3 is 3.19 bits per heavy atom. The third kappa shape index (κ3) is 2.38. The predicted molar refractivity (Wildman–Crippen MR) is 62.2 cm³/mol. The summed E-state index contributed by atoms with van der Waals surface area (Å²) in [6.07, 6.45) is 2.13. The van der Waals surface area contributed by atoms with Gasteiger partial charge in [0.25, 0.3) is 5.91 Å². The second kappa shape index (κ2) is 4.88. The summed E-state index contributed by atoms with van der Waals surface area (Å²) in [4.78, 5) is 13.9. The predicted octanol–water partition coefficient (Wildman–Crippen LogP) is 0.737. The second-order valence-electron chi connectivity index (χ2n) is 4.30. The molecule has 1 saturated heterocycles. The summed E-state index contributed by atoms with van der Waals surface area (Å²) in [6.45, 7) is 3.55. The summed E-state index contributed by atoms with van der Waals surface area (Å²) < 4.78 is 3.71. The minimum atomic E-state index is -0.0147. The van der Waals surface area contributed by atoms with Gasteiger partial charge in [-0.25, -0.2) is 0 Å². The van der Waals surface area contributed by atoms with Crippen molar-refractivity contribution in [2.75, 3.05) is 13.1 Å². The summed E-state index contributed by atoms with van der Waals surface area (Å²) >= 11 is 1.21. The van der Waals surface area contributed by atoms with E-state index in [1.807, 2.05) is 11.8 Å². The summed E-state index contributed by atoms with van der Waals surface area (Å²) in [5.41, 5.74) is 6.34. The van der Waals surface area contributed by atoms with Crippen molar-refractivity contribution >= 4 is 17.4 Å². The number of aromatic nitrogens is 2. The van der Waals surface area contributed by atoms with Gasteiger partial charge in [-0.05, 0) is 37.2 Å². The summed E-state index contributed by atoms with van der Waals surface area (Å²) in [6, 6.07) is 0.143. The number of carbonyl (C=O) groups excluding carboxylic acids is 1. The smallest absolute Gasteiger partial charge is 0.275 e. The van der Waals surface area contributed by atoms with E-state index in [0.717, 1.165) is 25.9 Å². The zero-order valence-corrected chi connectivity index (χ0v) is 10.1. The number of carbonyl (C=O) groups is 1. The molecule has 1 aromatic heterocycles. The average Bonchev–Trinajstić information content (AvgIpc) is 2.81. The molecule has 16 heavy (non-hydrogen) atoms. The van der Waals surface area contributed by atoms with E-state index < -0.39 is 0 Å². The van der Waals surface area contributed by atoms with Crippen molar-refractivity contribution in [3.63, 3.8) is 0 Å². The molecule has 1 aromatic rings. The number of amides is 1. The van der Waals surface area contributed by atoms with Crippen LogP contribution < -0.4 is 5.73 Å². The quantitative estimate of drug-likeness (QED) is 0.827. The molecule has 2 heterocycles. The third-order valence-electron chi connectivity index (χ3n) is 3.07. The molecule has 0 spiro atoms. The molecular formula is C10H16N4OS. The monoisotopic (exact) mass is 240 g/mol. The lowest BCUT2D eigenvalue weighted by molar-refractivity contribution is 0.0655. The molecule has 2 rings (SSSR count). The number of piperidine rings is 1. The van der Waals surface area contributed by atoms with Crippen LogP contribution in [0.5, 0.6) is 0 Å². The van der Waals surface area contributed by atoms with Crippen LogP contribution >= 0.6 is 11.5 Å². The Hall–Kier alpha value is -1.01. The fraction of sp³-hybridized carbons (Fsp3) is 0.700. The molecule has 88 valence electrons. The molecule has 1 aliphatic heterocycles. The summed E-state index contributed by atoms with van der Waals surface area (Å²) in [7, 11) is 0. The van der Waals surface area contributed by atoms with Gasteiger partial charge in [-0.1, -0.05) is 4.49 Å². The number of hydrogen-bond donors (Lipinski definition) is 1. The van der Waals surface area contributed by atoms with Crippen molar-refractivity contribution in [3.05, 3.63) is 11.1 Å². The molecule has 2 unspecified atom stereocenters. The van der Waals surface area contributed by atoms with Crippen molar-refractivity contribution < 1.29 is 4.79 Å². The van der Waals surface area contributed by atoms with Gasteiger partial charge in [0.15, 0.2) is 5.69 Å². The van der Waals surface area contributed by atoms with Gasteiger partial charge in [0, 0.05) is 24.5 Å². The van der Waals surface area contributed by atoms with E-state index in [2.05, 4.69) is 9.59 Å². The minimum Gasteiger partial charge on any atom is -0.337 e. The van der Waals surface area contributed by atoms with Gasteiger partial charge in [0.1, 0.15) is 0 Å². The van der Waals surface area contributed by atoms with Gasteiger partial charge in [-0.15, -0.1) is 5.10 Å². The van der Waals surface area contributed by atoms with Crippen molar-refractivity contribution in [3.8, 4) is 0 Å². The molecule has 1 fully saturated rings. The first-order chi connectivity index (χ1) is 7.68. The topological polar surface area (TPSA) is 72.1 Å². The van der Waals surface area contributed by atoms with E-state index in [4.69, 9.17) is 5.73 Å². The molecule has 6 heteroatoms. The molecule has 2 N–H and O–H groups in total. The Kier molecular flexibility index (Phi) is 3.50. The number of likely N-dealkylation sites (tertiary alicyclic amines) is 1. The first-order valence-electron chi connectivity index (χ1n) is 5.50. The van der Waals surface area contributed by atoms with Crippen molar-refractivity contribution in [1.82, 2.24) is 14.5 Å². The van der Waals surface area contributed by atoms with Crippen LogP contribution in [0.3, 0.4) is 0 Å². The van der Waals surface area contributed by atoms with Gasteiger partial charge in [0.2, 0.25) is 0 Å². The fourth-order valence-electron chi connectivity index (χ4n) is 2.04. The maximum absolute atomic E-state index is 12.0. The molecule has 0 aliphatic carbocycles. The maximum Gasteiger partial charge on any atom is 0.275 e. The standard InChI is InChI=1S/C10H16N4OS/c1-7(11)8-3-2-4-14(5-8)10(15)9-6-16-13-12-9/h6-8H,2-5,11H2,1H3. The Morgan fingerprint density at radius 1 is 1.75 bits per heavy atom. The van der Waals surface area contributed by atoms with Crippen LogP contribution in [0.4, 0.5) is 0 Å². The highest BCUT2D eigenvalue weighted by molar-refractivity contribution is 7.03. The van der Waals surface area contributed by atoms with Crippen LogP contribution in [0.2, 0.25) is 0 Å². The van der Waals surface area contributed by atoms with Crippen LogP contribution in [0.25, 0.3) is 0 Å². The van der Waals surface area contributed by atoms with Crippen LogP contribution in [-0.2, 0) is 0 Å². The van der Waals surface area contributed by atoms with Gasteiger partial charge >= 0.3 is 0 Å². The van der Waals surface area contributed by atoms with E-state index >= 15 is 0 Å². The SMILES string of the molecule is CC(N)C1CCCN(C(=O)c2csnn2)C1. The molecule has 2 atom stereocenters. The van der Waals surface area contributed by atoms with Gasteiger partial charge in [-0.2, -0.15) is 0 Å². The number of hydrogen-bond acceptors (Lipinski definition) is 5. The third-order valence-corrected chi connectivity index (χ3v) is 3.57. The van der Waals surface area contributed by atoms with Gasteiger partial charge in [-0.3, -0.25) is 4.79 Å². The maximum atomic E-state index is 12.0. The van der Waals surface area contributed by atoms with Gasteiger partial charge in [0.05, 0.1) is 0 Å². The molecular weight excluding hydrogens is 224 g/mol. The molecule has 0 radical (unpaired) electrons. The average molecular weight is 240 g/mol. The normalized spacial score (nSPS) is 23.1. The first kappa shape index (κ1) is 11.5. The van der Waals surface area contributed by atoms with Crippen molar-refractivity contribution in [2.45, 2.75) is 25.8 Å². The fourth-order valence-corrected chi connectivity index (χ4v) is 2.47. The molecule has 0 aromatic carbocycles. The van der Waals surface area contributed by atoms with Crippen LogP contribution in [0, 0.1) is 5.92 Å². The zero-order valence-electron chi connectivity index (χ0n) is 9.30. The molecule has 5 nitrogen and oxygen atoms in total. The van der Waals surface area contributed by atoms with E-state index in [9.17, 15) is 4.79 Å². The lowest BCUT2D eigenvalue weighted by atomic mass is 9.92. The van der Waals surface area contributed by atoms with Crippen molar-refractivity contribution in [2.24, 2.45) is 11.7 Å². The second-order valence-corrected chi connectivity index (χ2v) is 4.91. The molecule has 0 bridgehead atoms. The lowest BCUT2D eigenvalue weighted by Crippen LogP contribution is -2.45. The number of nitrogens with zero attached hydrogens (tertiary/aromatic N) is 3. The number of rotatable bonds is 2. The van der Waals surface area contributed by atoms with Crippen LogP contribution in [-0.4, -0.2) is 39.5 Å². The Labute approximate surface area is 98.8 Å². The van der Waals surface area contributed by atoms with Crippen LogP contribution in [0.15, 0.2) is 5.38 Å². The minimum absolute atomic E-state index is 0.0147. The highest BCUT2D eigenvalue weighted by Crippen LogP contribution is 2.20. The van der Waals surface area contributed by atoms with Crippen molar-refractivity contribution in [1.29, 1.82) is 0 Å². The van der Waals surface area contributed by atoms with E-state index in [1.54, 1.807) is 5.38 Å². The first-order valence-corrected chi connectivity index (χ1v) is 6.34. The highest BCUT2D eigenvalue weighted by atomic mass is 32.1. The number of nitrogens with two attached hydrogens (primary N) is 1. The molecule has 1 aliphatic rings. The Bertz CT molecular complexity index is 352. The molecule has 0 saturated carbocycles. The van der Waals surface area contributed by atoms with E-state index in [0.29, 0.717) is 11.6 Å². The highest BCUT2D eigenvalue weighted by Gasteiger charge is 2.27.